The molecule has 0 spiro atoms. The van der Waals surface area contributed by atoms with Gasteiger partial charge in [0.2, 0.25) is 0 Å². The Hall–Kier alpha value is -3.18. The number of fused-ring (bicyclic) bond motifs is 1. The third-order valence-corrected chi connectivity index (χ3v) is 4.68. The first-order valence-corrected chi connectivity index (χ1v) is 8.95. The SMILES string of the molecule is O=C(O)c1cc(/C=C/c2ccc(N3CCOCC3)cc2)nc2ccccc12. The predicted molar refractivity (Wildman–Crippen MR) is 107 cm³/mol. The van der Waals surface area contributed by atoms with E-state index < -0.39 is 5.97 Å². The maximum atomic E-state index is 11.6. The van der Waals surface area contributed by atoms with E-state index in [-0.39, 0.29) is 5.56 Å². The second kappa shape index (κ2) is 7.60. The number of hydrogen-bond donors (Lipinski definition) is 1. The van der Waals surface area contributed by atoms with Gasteiger partial charge in [0.05, 0.1) is 30.0 Å². The zero-order chi connectivity index (χ0) is 18.6. The molecule has 1 saturated heterocycles. The highest BCUT2D eigenvalue weighted by atomic mass is 16.5. The van der Waals surface area contributed by atoms with Gasteiger partial charge < -0.3 is 14.7 Å². The first-order chi connectivity index (χ1) is 13.2. The summed E-state index contributed by atoms with van der Waals surface area (Å²) < 4.78 is 5.39. The van der Waals surface area contributed by atoms with Crippen LogP contribution in [0.2, 0.25) is 0 Å². The topological polar surface area (TPSA) is 62.7 Å². The molecule has 0 radical (unpaired) electrons. The van der Waals surface area contributed by atoms with Gasteiger partial charge in [0.1, 0.15) is 0 Å². The molecular formula is C22H20N2O3. The summed E-state index contributed by atoms with van der Waals surface area (Å²) in [6.07, 6.45) is 3.80. The van der Waals surface area contributed by atoms with E-state index in [1.807, 2.05) is 30.4 Å². The number of morpholine rings is 1. The largest absolute Gasteiger partial charge is 0.478 e. The summed E-state index contributed by atoms with van der Waals surface area (Å²) >= 11 is 0. The predicted octanol–water partition coefficient (Wildman–Crippen LogP) is 3.94. The third kappa shape index (κ3) is 3.83. The van der Waals surface area contributed by atoms with Crippen LogP contribution in [0.15, 0.2) is 54.6 Å². The van der Waals surface area contributed by atoms with Crippen molar-refractivity contribution >= 4 is 34.7 Å². The van der Waals surface area contributed by atoms with E-state index >= 15 is 0 Å². The van der Waals surface area contributed by atoms with Crippen molar-refractivity contribution in [2.75, 3.05) is 31.2 Å². The Bertz CT molecular complexity index is 990. The summed E-state index contributed by atoms with van der Waals surface area (Å²) in [5.74, 6) is -0.946. The van der Waals surface area contributed by atoms with Crippen LogP contribution < -0.4 is 4.90 Å². The minimum absolute atomic E-state index is 0.267. The monoisotopic (exact) mass is 360 g/mol. The van der Waals surface area contributed by atoms with Crippen LogP contribution in [-0.2, 0) is 4.74 Å². The van der Waals surface area contributed by atoms with Crippen molar-refractivity contribution in [2.24, 2.45) is 0 Å². The molecule has 136 valence electrons. The van der Waals surface area contributed by atoms with Crippen LogP contribution in [0.5, 0.6) is 0 Å². The Morgan fingerprint density at radius 1 is 1.04 bits per heavy atom. The second-order valence-corrected chi connectivity index (χ2v) is 6.44. The highest BCUT2D eigenvalue weighted by Gasteiger charge is 2.11. The number of carboxylic acid groups (broad SMARTS) is 1. The molecule has 1 aliphatic rings. The van der Waals surface area contributed by atoms with E-state index in [9.17, 15) is 9.90 Å². The first kappa shape index (κ1) is 17.2. The minimum atomic E-state index is -0.946. The number of hydrogen-bond acceptors (Lipinski definition) is 4. The summed E-state index contributed by atoms with van der Waals surface area (Å²) in [5.41, 5.74) is 3.80. The summed E-state index contributed by atoms with van der Waals surface area (Å²) in [7, 11) is 0. The van der Waals surface area contributed by atoms with Crippen molar-refractivity contribution in [2.45, 2.75) is 0 Å². The number of nitrogens with zero attached hydrogens (tertiary/aromatic N) is 2. The van der Waals surface area contributed by atoms with Gasteiger partial charge in [0.25, 0.3) is 0 Å². The van der Waals surface area contributed by atoms with Gasteiger partial charge in [-0.25, -0.2) is 9.78 Å². The first-order valence-electron chi connectivity index (χ1n) is 8.95. The lowest BCUT2D eigenvalue weighted by Gasteiger charge is -2.28. The van der Waals surface area contributed by atoms with E-state index in [0.29, 0.717) is 16.6 Å². The van der Waals surface area contributed by atoms with Crippen LogP contribution in [0.4, 0.5) is 5.69 Å². The molecule has 0 amide bonds. The number of benzene rings is 2. The highest BCUT2D eigenvalue weighted by molar-refractivity contribution is 6.03. The summed E-state index contributed by atoms with van der Waals surface area (Å²) in [6.45, 7) is 3.35. The maximum Gasteiger partial charge on any atom is 0.336 e. The highest BCUT2D eigenvalue weighted by Crippen LogP contribution is 2.21. The van der Waals surface area contributed by atoms with Crippen molar-refractivity contribution in [3.63, 3.8) is 0 Å². The van der Waals surface area contributed by atoms with Crippen molar-refractivity contribution in [3.8, 4) is 0 Å². The van der Waals surface area contributed by atoms with Crippen molar-refractivity contribution in [1.82, 2.24) is 4.98 Å². The van der Waals surface area contributed by atoms with Crippen LogP contribution in [-0.4, -0.2) is 42.4 Å². The molecule has 5 nitrogen and oxygen atoms in total. The fourth-order valence-corrected chi connectivity index (χ4v) is 3.26. The molecule has 2 aromatic carbocycles. The minimum Gasteiger partial charge on any atom is -0.478 e. The number of rotatable bonds is 4. The van der Waals surface area contributed by atoms with Gasteiger partial charge in [-0.15, -0.1) is 0 Å². The summed E-state index contributed by atoms with van der Waals surface area (Å²) in [4.78, 5) is 18.4. The average Bonchev–Trinajstić information content (AvgIpc) is 2.72. The van der Waals surface area contributed by atoms with E-state index in [2.05, 4.69) is 34.1 Å². The van der Waals surface area contributed by atoms with Crippen LogP contribution in [0.3, 0.4) is 0 Å². The fraction of sp³-hybridized carbons (Fsp3) is 0.182. The zero-order valence-electron chi connectivity index (χ0n) is 14.8. The molecule has 0 unspecified atom stereocenters. The lowest BCUT2D eigenvalue weighted by molar-refractivity contribution is 0.0699. The standard InChI is InChI=1S/C22H20N2O3/c25-22(26)20-15-17(23-21-4-2-1-3-19(20)21)8-5-16-6-9-18(10-7-16)24-11-13-27-14-12-24/h1-10,15H,11-14H2,(H,25,26)/b8-5+. The van der Waals surface area contributed by atoms with E-state index in [0.717, 1.165) is 31.9 Å². The van der Waals surface area contributed by atoms with Crippen LogP contribution >= 0.6 is 0 Å². The summed E-state index contributed by atoms with van der Waals surface area (Å²) in [5, 5.41) is 10.1. The second-order valence-electron chi connectivity index (χ2n) is 6.44. The molecule has 0 saturated carbocycles. The number of carboxylic acids is 1. The molecule has 2 heterocycles. The molecule has 1 fully saturated rings. The normalized spacial score (nSPS) is 14.7. The molecule has 1 aliphatic heterocycles. The van der Waals surface area contributed by atoms with Gasteiger partial charge in [0.15, 0.2) is 0 Å². The smallest absolute Gasteiger partial charge is 0.336 e. The fourth-order valence-electron chi connectivity index (χ4n) is 3.26. The number of para-hydroxylation sites is 1. The van der Waals surface area contributed by atoms with Crippen LogP contribution in [0.25, 0.3) is 23.1 Å². The number of carbonyl (C=O) groups is 1. The van der Waals surface area contributed by atoms with Crippen LogP contribution in [0, 0.1) is 0 Å². The lowest BCUT2D eigenvalue weighted by atomic mass is 10.1. The maximum absolute atomic E-state index is 11.6. The molecular weight excluding hydrogens is 340 g/mol. The quantitative estimate of drug-likeness (QED) is 0.763. The molecule has 5 heteroatoms. The third-order valence-electron chi connectivity index (χ3n) is 4.68. The summed E-state index contributed by atoms with van der Waals surface area (Å²) in [6, 6.07) is 17.2. The number of pyridine rings is 1. The Kier molecular flexibility index (Phi) is 4.85. The van der Waals surface area contributed by atoms with Gasteiger partial charge in [-0.3, -0.25) is 0 Å². The number of aromatic carboxylic acids is 1. The molecule has 0 bridgehead atoms. The van der Waals surface area contributed by atoms with Crippen molar-refractivity contribution < 1.29 is 14.6 Å². The number of aromatic nitrogens is 1. The van der Waals surface area contributed by atoms with Crippen LogP contribution in [0.1, 0.15) is 21.6 Å². The zero-order valence-corrected chi connectivity index (χ0v) is 14.8. The molecule has 4 rings (SSSR count). The Morgan fingerprint density at radius 3 is 2.52 bits per heavy atom. The van der Waals surface area contributed by atoms with Crippen molar-refractivity contribution in [3.05, 3.63) is 71.4 Å². The van der Waals surface area contributed by atoms with E-state index in [1.54, 1.807) is 12.1 Å². The van der Waals surface area contributed by atoms with Gasteiger partial charge >= 0.3 is 5.97 Å². The number of ether oxygens (including phenoxy) is 1. The number of anilines is 1. The Balaban J connectivity index is 1.58. The molecule has 3 aromatic rings. The van der Waals surface area contributed by atoms with E-state index in [1.165, 1.54) is 5.69 Å². The Morgan fingerprint density at radius 2 is 1.78 bits per heavy atom. The van der Waals surface area contributed by atoms with Gasteiger partial charge in [-0.1, -0.05) is 36.4 Å². The van der Waals surface area contributed by atoms with E-state index in [4.69, 9.17) is 4.74 Å². The molecule has 1 aromatic heterocycles. The molecule has 0 aliphatic carbocycles. The molecule has 0 atom stereocenters. The lowest BCUT2D eigenvalue weighted by Crippen LogP contribution is -2.36. The molecule has 1 N–H and O–H groups in total. The van der Waals surface area contributed by atoms with Crippen molar-refractivity contribution in [1.29, 1.82) is 0 Å². The van der Waals surface area contributed by atoms with Gasteiger partial charge in [0, 0.05) is 24.2 Å². The molecule has 27 heavy (non-hydrogen) atoms. The van der Waals surface area contributed by atoms with Gasteiger partial charge in [-0.2, -0.15) is 0 Å². The average molecular weight is 360 g/mol. The Labute approximate surface area is 157 Å². The van der Waals surface area contributed by atoms with Gasteiger partial charge in [-0.05, 0) is 35.9 Å².